The number of nitrogens with two attached hydrogens (primary N) is 1. The van der Waals surface area contributed by atoms with E-state index in [1.807, 2.05) is 18.7 Å². The van der Waals surface area contributed by atoms with Gasteiger partial charge < -0.3 is 15.2 Å². The molecule has 1 amide bonds. The fourth-order valence-corrected chi connectivity index (χ4v) is 2.83. The molecule has 5 nitrogen and oxygen atoms in total. The molecule has 1 aliphatic rings. The van der Waals surface area contributed by atoms with Crippen LogP contribution in [-0.4, -0.2) is 35.1 Å². The SMILES string of the molecule is Cc1noc(C)c1CC(=O)N1CCCCC1CCN.Cl. The third-order valence-corrected chi connectivity index (χ3v) is 3.96. The Bertz CT molecular complexity index is 426. The van der Waals surface area contributed by atoms with Crippen LogP contribution >= 0.6 is 12.4 Å². The average molecular weight is 302 g/mol. The second-order valence-electron chi connectivity index (χ2n) is 5.29. The highest BCUT2D eigenvalue weighted by atomic mass is 35.5. The summed E-state index contributed by atoms with van der Waals surface area (Å²) >= 11 is 0. The number of rotatable bonds is 4. The summed E-state index contributed by atoms with van der Waals surface area (Å²) in [5.41, 5.74) is 7.39. The molecule has 0 radical (unpaired) electrons. The van der Waals surface area contributed by atoms with Crippen molar-refractivity contribution in [2.75, 3.05) is 13.1 Å². The van der Waals surface area contributed by atoms with E-state index in [1.165, 1.54) is 6.42 Å². The zero-order valence-electron chi connectivity index (χ0n) is 12.2. The standard InChI is InChI=1S/C14H23N3O2.ClH/c1-10-13(11(2)19-16-10)9-14(18)17-8-4-3-5-12(17)6-7-15;/h12H,3-9,15H2,1-2H3;1H. The van der Waals surface area contributed by atoms with E-state index in [9.17, 15) is 4.79 Å². The number of nitrogens with zero attached hydrogens (tertiary/aromatic N) is 2. The van der Waals surface area contributed by atoms with Crippen molar-refractivity contribution < 1.29 is 9.32 Å². The van der Waals surface area contributed by atoms with Crippen LogP contribution in [0, 0.1) is 13.8 Å². The van der Waals surface area contributed by atoms with E-state index in [0.717, 1.165) is 42.8 Å². The van der Waals surface area contributed by atoms with Gasteiger partial charge in [-0.2, -0.15) is 0 Å². The van der Waals surface area contributed by atoms with E-state index in [-0.39, 0.29) is 18.3 Å². The number of aromatic nitrogens is 1. The summed E-state index contributed by atoms with van der Waals surface area (Å²) in [5, 5.41) is 3.90. The average Bonchev–Trinajstić information content (AvgIpc) is 2.71. The molecule has 0 aliphatic carbocycles. The van der Waals surface area contributed by atoms with Gasteiger partial charge in [-0.1, -0.05) is 5.16 Å². The number of amides is 1. The van der Waals surface area contributed by atoms with Gasteiger partial charge in [0.1, 0.15) is 5.76 Å². The number of carbonyl (C=O) groups excluding carboxylic acids is 1. The number of piperidine rings is 1. The largest absolute Gasteiger partial charge is 0.361 e. The van der Waals surface area contributed by atoms with Gasteiger partial charge in [0.05, 0.1) is 12.1 Å². The summed E-state index contributed by atoms with van der Waals surface area (Å²) in [6.07, 6.45) is 4.65. The topological polar surface area (TPSA) is 72.4 Å². The van der Waals surface area contributed by atoms with Gasteiger partial charge in [-0.15, -0.1) is 12.4 Å². The van der Waals surface area contributed by atoms with Crippen LogP contribution in [0.2, 0.25) is 0 Å². The molecule has 2 N–H and O–H groups in total. The van der Waals surface area contributed by atoms with Crippen LogP contribution in [0.3, 0.4) is 0 Å². The second-order valence-corrected chi connectivity index (χ2v) is 5.29. The minimum Gasteiger partial charge on any atom is -0.361 e. The van der Waals surface area contributed by atoms with Crippen LogP contribution in [0.15, 0.2) is 4.52 Å². The van der Waals surface area contributed by atoms with Crippen LogP contribution in [0.1, 0.15) is 42.7 Å². The Labute approximate surface area is 126 Å². The molecule has 114 valence electrons. The summed E-state index contributed by atoms with van der Waals surface area (Å²) in [5.74, 6) is 0.922. The molecule has 1 aromatic heterocycles. The van der Waals surface area contributed by atoms with Crippen LogP contribution in [0.25, 0.3) is 0 Å². The molecule has 20 heavy (non-hydrogen) atoms. The maximum atomic E-state index is 12.5. The summed E-state index contributed by atoms with van der Waals surface area (Å²) in [6, 6.07) is 0.312. The molecule has 0 bridgehead atoms. The molecule has 6 heteroatoms. The monoisotopic (exact) mass is 301 g/mol. The van der Waals surface area contributed by atoms with E-state index in [4.69, 9.17) is 10.3 Å². The lowest BCUT2D eigenvalue weighted by molar-refractivity contribution is -0.134. The van der Waals surface area contributed by atoms with Crippen molar-refractivity contribution in [3.8, 4) is 0 Å². The van der Waals surface area contributed by atoms with Gasteiger partial charge in [-0.05, 0) is 46.1 Å². The summed E-state index contributed by atoms with van der Waals surface area (Å²) < 4.78 is 5.12. The molecule has 1 aromatic rings. The molecule has 2 heterocycles. The highest BCUT2D eigenvalue weighted by Gasteiger charge is 2.27. The van der Waals surface area contributed by atoms with Gasteiger partial charge in [0, 0.05) is 18.2 Å². The van der Waals surface area contributed by atoms with Gasteiger partial charge in [0.15, 0.2) is 0 Å². The van der Waals surface area contributed by atoms with Crippen molar-refractivity contribution in [3.63, 3.8) is 0 Å². The quantitative estimate of drug-likeness (QED) is 0.923. The summed E-state index contributed by atoms with van der Waals surface area (Å²) in [7, 11) is 0. The van der Waals surface area contributed by atoms with Crippen LogP contribution in [0.4, 0.5) is 0 Å². The van der Waals surface area contributed by atoms with Crippen molar-refractivity contribution in [1.29, 1.82) is 0 Å². The maximum Gasteiger partial charge on any atom is 0.227 e. The van der Waals surface area contributed by atoms with Gasteiger partial charge >= 0.3 is 0 Å². The minimum atomic E-state index is 0. The first-order valence-corrected chi connectivity index (χ1v) is 7.04. The van der Waals surface area contributed by atoms with Crippen molar-refractivity contribution in [2.45, 2.75) is 52.0 Å². The number of hydrogen-bond donors (Lipinski definition) is 1. The number of hydrogen-bond acceptors (Lipinski definition) is 4. The normalized spacial score (nSPS) is 18.8. The highest BCUT2D eigenvalue weighted by molar-refractivity contribution is 5.85. The van der Waals surface area contributed by atoms with Crippen molar-refractivity contribution in [3.05, 3.63) is 17.0 Å². The lowest BCUT2D eigenvalue weighted by atomic mass is 9.98. The van der Waals surface area contributed by atoms with Crippen LogP contribution < -0.4 is 5.73 Å². The number of carbonyl (C=O) groups is 1. The Hall–Kier alpha value is -1.07. The smallest absolute Gasteiger partial charge is 0.227 e. The maximum absolute atomic E-state index is 12.5. The van der Waals surface area contributed by atoms with E-state index < -0.39 is 0 Å². The zero-order chi connectivity index (χ0) is 13.8. The molecule has 1 aliphatic heterocycles. The Morgan fingerprint density at radius 1 is 1.45 bits per heavy atom. The molecule has 0 aromatic carbocycles. The van der Waals surface area contributed by atoms with Gasteiger partial charge in [0.25, 0.3) is 0 Å². The van der Waals surface area contributed by atoms with E-state index in [1.54, 1.807) is 0 Å². The molecule has 1 atom stereocenters. The second kappa shape index (κ2) is 7.64. The fraction of sp³-hybridized carbons (Fsp3) is 0.714. The lowest BCUT2D eigenvalue weighted by Gasteiger charge is -2.35. The minimum absolute atomic E-state index is 0. The molecular weight excluding hydrogens is 278 g/mol. The van der Waals surface area contributed by atoms with Gasteiger partial charge in [-0.25, -0.2) is 0 Å². The first-order valence-electron chi connectivity index (χ1n) is 7.04. The molecule has 1 unspecified atom stereocenters. The zero-order valence-corrected chi connectivity index (χ0v) is 13.0. The Morgan fingerprint density at radius 2 is 2.20 bits per heavy atom. The summed E-state index contributed by atoms with van der Waals surface area (Å²) in [6.45, 7) is 5.23. The van der Waals surface area contributed by atoms with Crippen LogP contribution in [-0.2, 0) is 11.2 Å². The number of likely N-dealkylation sites (tertiary alicyclic amines) is 1. The van der Waals surface area contributed by atoms with Gasteiger partial charge in [0.2, 0.25) is 5.91 Å². The van der Waals surface area contributed by atoms with Crippen molar-refractivity contribution >= 4 is 18.3 Å². The first kappa shape index (κ1) is 17.0. The predicted molar refractivity (Wildman–Crippen MR) is 80.0 cm³/mol. The Kier molecular flexibility index (Phi) is 6.49. The third kappa shape index (κ3) is 3.73. The first-order chi connectivity index (χ1) is 9.13. The molecule has 1 fully saturated rings. The lowest BCUT2D eigenvalue weighted by Crippen LogP contribution is -2.45. The number of halogens is 1. The molecule has 2 rings (SSSR count). The fourth-order valence-electron chi connectivity index (χ4n) is 2.83. The van der Waals surface area contributed by atoms with E-state index in [2.05, 4.69) is 5.16 Å². The van der Waals surface area contributed by atoms with E-state index in [0.29, 0.717) is 19.0 Å². The molecular formula is C14H24ClN3O2. The Balaban J connectivity index is 0.00000200. The van der Waals surface area contributed by atoms with Gasteiger partial charge in [-0.3, -0.25) is 4.79 Å². The third-order valence-electron chi connectivity index (χ3n) is 3.96. The number of aryl methyl sites for hydroxylation is 2. The molecule has 1 saturated heterocycles. The molecule has 0 spiro atoms. The van der Waals surface area contributed by atoms with Crippen molar-refractivity contribution in [2.24, 2.45) is 5.73 Å². The predicted octanol–water partition coefficient (Wildman–Crippen LogP) is 1.99. The van der Waals surface area contributed by atoms with Crippen LogP contribution in [0.5, 0.6) is 0 Å². The highest BCUT2D eigenvalue weighted by Crippen LogP contribution is 2.22. The summed E-state index contributed by atoms with van der Waals surface area (Å²) in [4.78, 5) is 14.5. The van der Waals surface area contributed by atoms with Crippen molar-refractivity contribution in [1.82, 2.24) is 10.1 Å². The molecule has 0 saturated carbocycles. The van der Waals surface area contributed by atoms with E-state index >= 15 is 0 Å². The Morgan fingerprint density at radius 3 is 2.80 bits per heavy atom.